The van der Waals surface area contributed by atoms with Crippen LogP contribution in [0.25, 0.3) is 0 Å². The highest BCUT2D eigenvalue weighted by Gasteiger charge is 2.01. The van der Waals surface area contributed by atoms with Crippen LogP contribution in [0.15, 0.2) is 18.2 Å². The van der Waals surface area contributed by atoms with Gasteiger partial charge in [0, 0.05) is 6.07 Å². The molecule has 0 unspecified atom stereocenters. The van der Waals surface area contributed by atoms with Crippen LogP contribution in [-0.2, 0) is 0 Å². The minimum Gasteiger partial charge on any atom is -0.494 e. The number of benzene rings is 1. The van der Waals surface area contributed by atoms with Gasteiger partial charge in [0.25, 0.3) is 0 Å². The van der Waals surface area contributed by atoms with Crippen LogP contribution in [-0.4, -0.2) is 13.2 Å². The lowest BCUT2D eigenvalue weighted by molar-refractivity contribution is 0.307. The number of hydrogen-bond acceptors (Lipinski definition) is 2. The Morgan fingerprint density at radius 3 is 2.57 bits per heavy atom. The number of ether oxygens (including phenoxy) is 2. The van der Waals surface area contributed by atoms with Gasteiger partial charge in [0.05, 0.1) is 13.2 Å². The van der Waals surface area contributed by atoms with Gasteiger partial charge in [-0.2, -0.15) is 0 Å². The minimum absolute atomic E-state index is 0.691. The molecule has 0 bridgehead atoms. The Hall–Kier alpha value is -1.18. The Morgan fingerprint density at radius 2 is 1.93 bits per heavy atom. The van der Waals surface area contributed by atoms with Crippen LogP contribution in [0.3, 0.4) is 0 Å². The molecule has 0 N–H and O–H groups in total. The molecule has 14 heavy (non-hydrogen) atoms. The summed E-state index contributed by atoms with van der Waals surface area (Å²) in [5.74, 6) is 1.81. The summed E-state index contributed by atoms with van der Waals surface area (Å²) in [5.41, 5.74) is 1.15. The van der Waals surface area contributed by atoms with E-state index in [0.717, 1.165) is 30.1 Å². The van der Waals surface area contributed by atoms with Gasteiger partial charge < -0.3 is 9.47 Å². The van der Waals surface area contributed by atoms with Crippen LogP contribution in [0, 0.1) is 6.92 Å². The number of hydrogen-bond donors (Lipinski definition) is 0. The zero-order valence-corrected chi connectivity index (χ0v) is 9.17. The molecule has 1 aromatic rings. The lowest BCUT2D eigenvalue weighted by atomic mass is 10.2. The van der Waals surface area contributed by atoms with E-state index >= 15 is 0 Å². The third-order valence-corrected chi connectivity index (χ3v) is 1.93. The molecule has 0 aliphatic carbocycles. The molecule has 78 valence electrons. The summed E-state index contributed by atoms with van der Waals surface area (Å²) in [6.45, 7) is 7.57. The van der Waals surface area contributed by atoms with Crippen LogP contribution in [0.2, 0.25) is 0 Å². The fourth-order valence-electron chi connectivity index (χ4n) is 1.20. The monoisotopic (exact) mass is 194 g/mol. The van der Waals surface area contributed by atoms with E-state index in [1.807, 2.05) is 32.0 Å². The fourth-order valence-corrected chi connectivity index (χ4v) is 1.20. The number of aryl methyl sites for hydroxylation is 1. The molecular formula is C12H18O2. The van der Waals surface area contributed by atoms with Gasteiger partial charge in [-0.25, -0.2) is 0 Å². The summed E-state index contributed by atoms with van der Waals surface area (Å²) in [7, 11) is 0. The molecule has 0 heterocycles. The smallest absolute Gasteiger partial charge is 0.125 e. The molecule has 0 amide bonds. The van der Waals surface area contributed by atoms with Gasteiger partial charge >= 0.3 is 0 Å². The van der Waals surface area contributed by atoms with Gasteiger partial charge in [-0.05, 0) is 31.9 Å². The van der Waals surface area contributed by atoms with Gasteiger partial charge in [0.1, 0.15) is 11.5 Å². The first kappa shape index (κ1) is 10.9. The summed E-state index contributed by atoms with van der Waals surface area (Å²) in [4.78, 5) is 0. The van der Waals surface area contributed by atoms with Crippen molar-refractivity contribution < 1.29 is 9.47 Å². The molecule has 2 heteroatoms. The highest BCUT2D eigenvalue weighted by atomic mass is 16.5. The molecule has 0 aliphatic rings. The summed E-state index contributed by atoms with van der Waals surface area (Å²) < 4.78 is 11.0. The molecule has 1 rings (SSSR count). The lowest BCUT2D eigenvalue weighted by Crippen LogP contribution is -1.98. The average molecular weight is 194 g/mol. The molecule has 0 aliphatic heterocycles. The second-order valence-electron chi connectivity index (χ2n) is 3.21. The van der Waals surface area contributed by atoms with E-state index in [-0.39, 0.29) is 0 Å². The predicted molar refractivity (Wildman–Crippen MR) is 58.1 cm³/mol. The Kier molecular flexibility index (Phi) is 4.30. The Labute approximate surface area is 85.8 Å². The Morgan fingerprint density at radius 1 is 1.14 bits per heavy atom. The quantitative estimate of drug-likeness (QED) is 0.716. The maximum absolute atomic E-state index is 5.59. The van der Waals surface area contributed by atoms with Crippen LogP contribution in [0.1, 0.15) is 25.8 Å². The third kappa shape index (κ3) is 2.95. The van der Waals surface area contributed by atoms with Gasteiger partial charge in [0.2, 0.25) is 0 Å². The van der Waals surface area contributed by atoms with Crippen LogP contribution < -0.4 is 9.47 Å². The molecule has 0 saturated carbocycles. The van der Waals surface area contributed by atoms with E-state index in [4.69, 9.17) is 9.47 Å². The van der Waals surface area contributed by atoms with Gasteiger partial charge in [-0.1, -0.05) is 13.0 Å². The molecular weight excluding hydrogens is 176 g/mol. The maximum Gasteiger partial charge on any atom is 0.125 e. The molecule has 1 aromatic carbocycles. The first-order valence-corrected chi connectivity index (χ1v) is 5.14. The molecule has 0 aromatic heterocycles. The van der Waals surface area contributed by atoms with E-state index in [1.54, 1.807) is 0 Å². The van der Waals surface area contributed by atoms with Crippen LogP contribution in [0.4, 0.5) is 0 Å². The standard InChI is InChI=1S/C12H18O2/c1-4-8-14-12-9-11(13-5-2)7-6-10(12)3/h6-7,9H,4-5,8H2,1-3H3. The molecule has 0 fully saturated rings. The van der Waals surface area contributed by atoms with Crippen molar-refractivity contribution in [1.82, 2.24) is 0 Å². The van der Waals surface area contributed by atoms with Crippen molar-refractivity contribution in [3.63, 3.8) is 0 Å². The van der Waals surface area contributed by atoms with Crippen molar-refractivity contribution in [2.24, 2.45) is 0 Å². The van der Waals surface area contributed by atoms with E-state index in [0.29, 0.717) is 6.61 Å². The van der Waals surface area contributed by atoms with Crippen molar-refractivity contribution >= 4 is 0 Å². The summed E-state index contributed by atoms with van der Waals surface area (Å²) in [5, 5.41) is 0. The van der Waals surface area contributed by atoms with Crippen molar-refractivity contribution in [3.05, 3.63) is 23.8 Å². The second-order valence-corrected chi connectivity index (χ2v) is 3.21. The topological polar surface area (TPSA) is 18.5 Å². The van der Waals surface area contributed by atoms with Crippen molar-refractivity contribution in [2.45, 2.75) is 27.2 Å². The van der Waals surface area contributed by atoms with Gasteiger partial charge in [-0.3, -0.25) is 0 Å². The molecule has 2 nitrogen and oxygen atoms in total. The third-order valence-electron chi connectivity index (χ3n) is 1.93. The fraction of sp³-hybridized carbons (Fsp3) is 0.500. The Balaban J connectivity index is 2.74. The van der Waals surface area contributed by atoms with Crippen molar-refractivity contribution in [3.8, 4) is 11.5 Å². The van der Waals surface area contributed by atoms with E-state index in [1.165, 1.54) is 0 Å². The molecule has 0 radical (unpaired) electrons. The van der Waals surface area contributed by atoms with Crippen molar-refractivity contribution in [2.75, 3.05) is 13.2 Å². The van der Waals surface area contributed by atoms with Gasteiger partial charge in [0.15, 0.2) is 0 Å². The summed E-state index contributed by atoms with van der Waals surface area (Å²) in [6, 6.07) is 5.95. The van der Waals surface area contributed by atoms with Crippen LogP contribution >= 0.6 is 0 Å². The largest absolute Gasteiger partial charge is 0.494 e. The second kappa shape index (κ2) is 5.53. The highest BCUT2D eigenvalue weighted by Crippen LogP contribution is 2.24. The molecule has 0 atom stereocenters. The summed E-state index contributed by atoms with van der Waals surface area (Å²) >= 11 is 0. The molecule has 0 saturated heterocycles. The summed E-state index contributed by atoms with van der Waals surface area (Å²) in [6.07, 6.45) is 1.03. The normalized spacial score (nSPS) is 9.93. The maximum atomic E-state index is 5.59. The number of rotatable bonds is 5. The highest BCUT2D eigenvalue weighted by molar-refractivity contribution is 5.39. The first-order chi connectivity index (χ1) is 6.77. The Bertz CT molecular complexity index is 282. The minimum atomic E-state index is 0.691. The lowest BCUT2D eigenvalue weighted by Gasteiger charge is -2.10. The SMILES string of the molecule is CCCOc1cc(OCC)ccc1C. The molecule has 0 spiro atoms. The zero-order valence-electron chi connectivity index (χ0n) is 9.17. The average Bonchev–Trinajstić information content (AvgIpc) is 2.19. The van der Waals surface area contributed by atoms with E-state index in [2.05, 4.69) is 6.92 Å². The van der Waals surface area contributed by atoms with E-state index in [9.17, 15) is 0 Å². The van der Waals surface area contributed by atoms with Gasteiger partial charge in [-0.15, -0.1) is 0 Å². The first-order valence-electron chi connectivity index (χ1n) is 5.14. The predicted octanol–water partition coefficient (Wildman–Crippen LogP) is 3.18. The van der Waals surface area contributed by atoms with E-state index < -0.39 is 0 Å². The zero-order chi connectivity index (χ0) is 10.4. The van der Waals surface area contributed by atoms with Crippen molar-refractivity contribution in [1.29, 1.82) is 0 Å². The van der Waals surface area contributed by atoms with Crippen LogP contribution in [0.5, 0.6) is 11.5 Å².